The Hall–Kier alpha value is -2.84. The molecule has 2 nitrogen and oxygen atoms in total. The molecule has 1 aliphatic rings. The van der Waals surface area contributed by atoms with Crippen molar-refractivity contribution in [3.05, 3.63) is 108 Å². The van der Waals surface area contributed by atoms with E-state index in [1.807, 2.05) is 0 Å². The maximum atomic E-state index is 2.66. The summed E-state index contributed by atoms with van der Waals surface area (Å²) in [6.45, 7) is 3.13. The first-order chi connectivity index (χ1) is 13.9. The van der Waals surface area contributed by atoms with Crippen LogP contribution in [0.25, 0.3) is 10.9 Å². The molecule has 2 heterocycles. The van der Waals surface area contributed by atoms with Gasteiger partial charge in [-0.25, -0.2) is 0 Å². The van der Waals surface area contributed by atoms with Gasteiger partial charge in [-0.05, 0) is 48.0 Å². The number of likely N-dealkylation sites (tertiary alicyclic amines) is 1. The molecule has 0 amide bonds. The first-order valence-corrected chi connectivity index (χ1v) is 10.3. The van der Waals surface area contributed by atoms with Gasteiger partial charge in [0.25, 0.3) is 0 Å². The van der Waals surface area contributed by atoms with Crippen molar-refractivity contribution in [2.24, 2.45) is 0 Å². The highest BCUT2D eigenvalue weighted by molar-refractivity contribution is 5.81. The van der Waals surface area contributed by atoms with E-state index in [0.717, 1.165) is 13.1 Å². The average Bonchev–Trinajstić information content (AvgIpc) is 3.34. The lowest BCUT2D eigenvalue weighted by Gasteiger charge is -2.26. The van der Waals surface area contributed by atoms with Gasteiger partial charge in [0.1, 0.15) is 0 Å². The number of rotatable bonds is 5. The molecule has 1 unspecified atom stereocenters. The molecule has 0 aliphatic carbocycles. The van der Waals surface area contributed by atoms with Crippen LogP contribution < -0.4 is 0 Å². The lowest BCUT2D eigenvalue weighted by atomic mass is 10.1. The van der Waals surface area contributed by atoms with Gasteiger partial charge in [-0.2, -0.15) is 0 Å². The van der Waals surface area contributed by atoms with Crippen molar-refractivity contribution < 1.29 is 0 Å². The minimum atomic E-state index is 0.483. The lowest BCUT2D eigenvalue weighted by molar-refractivity contribution is 0.241. The normalized spacial score (nSPS) is 17.4. The molecular formula is C26H26N2. The topological polar surface area (TPSA) is 8.17 Å². The number of hydrogen-bond acceptors (Lipinski definition) is 1. The standard InChI is InChI=1S/C26H26N2/c1-3-10-21(11-4-1)19-27-17-9-16-25(27)26-18-23-14-7-8-15-24(23)28(26)20-22-12-5-2-6-13-22/h1-8,10-15,18,25H,9,16-17,19-20H2. The zero-order valence-corrected chi connectivity index (χ0v) is 16.2. The summed E-state index contributed by atoms with van der Waals surface area (Å²) in [7, 11) is 0. The minimum Gasteiger partial charge on any atom is -0.339 e. The van der Waals surface area contributed by atoms with Crippen LogP contribution in [0.4, 0.5) is 0 Å². The molecule has 1 aliphatic heterocycles. The minimum absolute atomic E-state index is 0.483. The molecule has 4 aromatic rings. The number of benzene rings is 3. The fraction of sp³-hybridized carbons (Fsp3) is 0.231. The van der Waals surface area contributed by atoms with Crippen LogP contribution >= 0.6 is 0 Å². The Morgan fingerprint density at radius 2 is 1.36 bits per heavy atom. The molecule has 28 heavy (non-hydrogen) atoms. The molecule has 0 N–H and O–H groups in total. The third-order valence-corrected chi connectivity index (χ3v) is 5.96. The van der Waals surface area contributed by atoms with Gasteiger partial charge in [0, 0.05) is 24.3 Å². The highest BCUT2D eigenvalue weighted by atomic mass is 15.2. The lowest BCUT2D eigenvalue weighted by Crippen LogP contribution is -2.24. The predicted octanol–water partition coefficient (Wildman–Crippen LogP) is 6.03. The Balaban J connectivity index is 1.53. The molecule has 1 saturated heterocycles. The molecular weight excluding hydrogens is 340 g/mol. The predicted molar refractivity (Wildman–Crippen MR) is 116 cm³/mol. The SMILES string of the molecule is c1ccc(CN2CCCC2c2cc3ccccc3n2Cc2ccccc2)cc1. The molecule has 1 atom stereocenters. The second-order valence-electron chi connectivity index (χ2n) is 7.81. The molecule has 3 aromatic carbocycles. The molecule has 0 spiro atoms. The van der Waals surface area contributed by atoms with Crippen molar-refractivity contribution in [2.45, 2.75) is 32.0 Å². The second-order valence-corrected chi connectivity index (χ2v) is 7.81. The summed E-state index contributed by atoms with van der Waals surface area (Å²) >= 11 is 0. The number of para-hydroxylation sites is 1. The Kier molecular flexibility index (Phi) is 4.72. The van der Waals surface area contributed by atoms with Crippen molar-refractivity contribution in [2.75, 3.05) is 6.54 Å². The van der Waals surface area contributed by atoms with Crippen LogP contribution in [-0.2, 0) is 13.1 Å². The van der Waals surface area contributed by atoms with Crippen LogP contribution in [0.1, 0.15) is 35.7 Å². The van der Waals surface area contributed by atoms with Crippen LogP contribution in [0.15, 0.2) is 91.0 Å². The summed E-state index contributed by atoms with van der Waals surface area (Å²) in [5, 5.41) is 1.35. The molecule has 140 valence electrons. The van der Waals surface area contributed by atoms with Gasteiger partial charge < -0.3 is 4.57 Å². The van der Waals surface area contributed by atoms with E-state index in [9.17, 15) is 0 Å². The van der Waals surface area contributed by atoms with Crippen LogP contribution in [-0.4, -0.2) is 16.0 Å². The van der Waals surface area contributed by atoms with E-state index < -0.39 is 0 Å². The fourth-order valence-electron chi connectivity index (χ4n) is 4.62. The highest BCUT2D eigenvalue weighted by Crippen LogP contribution is 2.36. The quantitative estimate of drug-likeness (QED) is 0.419. The van der Waals surface area contributed by atoms with E-state index >= 15 is 0 Å². The second kappa shape index (κ2) is 7.65. The summed E-state index contributed by atoms with van der Waals surface area (Å²) in [5.41, 5.74) is 5.56. The van der Waals surface area contributed by atoms with E-state index in [4.69, 9.17) is 0 Å². The molecule has 5 rings (SSSR count). The Morgan fingerprint density at radius 1 is 0.714 bits per heavy atom. The van der Waals surface area contributed by atoms with Gasteiger partial charge in [-0.3, -0.25) is 4.90 Å². The maximum absolute atomic E-state index is 2.66. The third kappa shape index (κ3) is 3.36. The summed E-state index contributed by atoms with van der Waals surface area (Å²) in [6, 6.07) is 33.4. The van der Waals surface area contributed by atoms with Crippen molar-refractivity contribution >= 4 is 10.9 Å². The zero-order chi connectivity index (χ0) is 18.8. The van der Waals surface area contributed by atoms with Gasteiger partial charge in [0.15, 0.2) is 0 Å². The van der Waals surface area contributed by atoms with E-state index in [1.54, 1.807) is 0 Å². The Labute approximate surface area is 167 Å². The smallest absolute Gasteiger partial charge is 0.0504 e. The van der Waals surface area contributed by atoms with Crippen molar-refractivity contribution in [1.29, 1.82) is 0 Å². The third-order valence-electron chi connectivity index (χ3n) is 5.96. The fourth-order valence-corrected chi connectivity index (χ4v) is 4.62. The molecule has 1 fully saturated rings. The molecule has 1 aromatic heterocycles. The molecule has 0 radical (unpaired) electrons. The van der Waals surface area contributed by atoms with E-state index in [0.29, 0.717) is 6.04 Å². The van der Waals surface area contributed by atoms with Gasteiger partial charge in [-0.15, -0.1) is 0 Å². The van der Waals surface area contributed by atoms with Gasteiger partial charge in [0.05, 0.1) is 6.04 Å². The van der Waals surface area contributed by atoms with Crippen LogP contribution in [0.5, 0.6) is 0 Å². The summed E-state index contributed by atoms with van der Waals surface area (Å²) in [4.78, 5) is 2.66. The maximum Gasteiger partial charge on any atom is 0.0504 e. The number of aromatic nitrogens is 1. The van der Waals surface area contributed by atoms with Crippen molar-refractivity contribution in [1.82, 2.24) is 9.47 Å². The molecule has 2 heteroatoms. The Bertz CT molecular complexity index is 1050. The van der Waals surface area contributed by atoms with E-state index in [1.165, 1.54) is 47.1 Å². The first-order valence-electron chi connectivity index (χ1n) is 10.3. The number of fused-ring (bicyclic) bond motifs is 1. The van der Waals surface area contributed by atoms with Crippen molar-refractivity contribution in [3.63, 3.8) is 0 Å². The average molecular weight is 367 g/mol. The van der Waals surface area contributed by atoms with Crippen molar-refractivity contribution in [3.8, 4) is 0 Å². The first kappa shape index (κ1) is 17.3. The van der Waals surface area contributed by atoms with E-state index in [-0.39, 0.29) is 0 Å². The van der Waals surface area contributed by atoms with Gasteiger partial charge >= 0.3 is 0 Å². The molecule has 0 bridgehead atoms. The number of nitrogens with zero attached hydrogens (tertiary/aromatic N) is 2. The summed E-state index contributed by atoms with van der Waals surface area (Å²) in [5.74, 6) is 0. The van der Waals surface area contributed by atoms with Crippen LogP contribution in [0.3, 0.4) is 0 Å². The van der Waals surface area contributed by atoms with Crippen LogP contribution in [0, 0.1) is 0 Å². The Morgan fingerprint density at radius 3 is 2.11 bits per heavy atom. The molecule has 0 saturated carbocycles. The van der Waals surface area contributed by atoms with E-state index in [2.05, 4.69) is 100 Å². The van der Waals surface area contributed by atoms with Crippen LogP contribution in [0.2, 0.25) is 0 Å². The summed E-state index contributed by atoms with van der Waals surface area (Å²) < 4.78 is 2.54. The van der Waals surface area contributed by atoms with Gasteiger partial charge in [0.2, 0.25) is 0 Å². The van der Waals surface area contributed by atoms with Gasteiger partial charge in [-0.1, -0.05) is 78.9 Å². The zero-order valence-electron chi connectivity index (χ0n) is 16.2. The largest absolute Gasteiger partial charge is 0.339 e. The number of hydrogen-bond donors (Lipinski definition) is 0. The highest BCUT2D eigenvalue weighted by Gasteiger charge is 2.29. The monoisotopic (exact) mass is 366 g/mol. The summed E-state index contributed by atoms with van der Waals surface area (Å²) in [6.07, 6.45) is 2.50.